The number of aryl methyl sites for hydroxylation is 1. The van der Waals surface area contributed by atoms with Crippen LogP contribution in [0.3, 0.4) is 0 Å². The van der Waals surface area contributed by atoms with Gasteiger partial charge in [-0.05, 0) is 65.2 Å². The summed E-state index contributed by atoms with van der Waals surface area (Å²) in [6, 6.07) is 15.9. The number of likely N-dealkylation sites (tertiary alicyclic amines) is 1. The van der Waals surface area contributed by atoms with Crippen LogP contribution in [0.1, 0.15) is 40.9 Å². The molecule has 0 spiro atoms. The van der Waals surface area contributed by atoms with Crippen LogP contribution in [0.4, 0.5) is 14.6 Å². The average Bonchev–Trinajstić information content (AvgIpc) is 3.33. The van der Waals surface area contributed by atoms with E-state index in [1.54, 1.807) is 42.6 Å². The van der Waals surface area contributed by atoms with Crippen molar-refractivity contribution in [1.29, 1.82) is 0 Å². The smallest absolute Gasteiger partial charge is 0.253 e. The van der Waals surface area contributed by atoms with Crippen LogP contribution in [0, 0.1) is 0 Å². The van der Waals surface area contributed by atoms with Gasteiger partial charge in [0.15, 0.2) is 5.78 Å². The molecule has 4 aromatic rings. The molecule has 0 aliphatic carbocycles. The molecule has 3 heterocycles. The number of ketones is 1. The Labute approximate surface area is 229 Å². The Kier molecular flexibility index (Phi) is 7.48. The largest absolute Gasteiger partial charge is 0.461 e. The zero-order valence-electron chi connectivity index (χ0n) is 21.0. The Bertz CT molecular complexity index is 1540. The number of nitrogens with two attached hydrogens (primary N) is 1. The van der Waals surface area contributed by atoms with Crippen molar-refractivity contribution in [3.63, 3.8) is 0 Å². The van der Waals surface area contributed by atoms with Crippen molar-refractivity contribution in [2.75, 3.05) is 18.8 Å². The number of halogens is 3. The summed E-state index contributed by atoms with van der Waals surface area (Å²) >= 11 is 6.37. The van der Waals surface area contributed by atoms with E-state index in [9.17, 15) is 18.4 Å². The number of piperidine rings is 1. The molecule has 6 nitrogen and oxygen atoms in total. The van der Waals surface area contributed by atoms with E-state index >= 15 is 0 Å². The Morgan fingerprint density at radius 1 is 1.08 bits per heavy atom. The van der Waals surface area contributed by atoms with Crippen LogP contribution in [-0.4, -0.2) is 40.6 Å². The zero-order valence-corrected chi connectivity index (χ0v) is 21.8. The second-order valence-electron chi connectivity index (χ2n) is 9.62. The minimum atomic E-state index is -2.71. The molecule has 200 valence electrons. The van der Waals surface area contributed by atoms with Gasteiger partial charge in [-0.25, -0.2) is 13.8 Å². The molecular weight excluding hydrogens is 524 g/mol. The first-order chi connectivity index (χ1) is 18.7. The van der Waals surface area contributed by atoms with E-state index in [2.05, 4.69) is 4.98 Å². The van der Waals surface area contributed by atoms with E-state index in [0.717, 1.165) is 22.1 Å². The van der Waals surface area contributed by atoms with Gasteiger partial charge in [0.25, 0.3) is 11.8 Å². The minimum absolute atomic E-state index is 0.0389. The number of rotatable bonds is 7. The number of furan rings is 1. The fourth-order valence-electron chi connectivity index (χ4n) is 4.57. The van der Waals surface area contributed by atoms with Gasteiger partial charge in [0.1, 0.15) is 17.2 Å². The molecule has 39 heavy (non-hydrogen) atoms. The third-order valence-electron chi connectivity index (χ3n) is 6.77. The maximum absolute atomic E-state index is 13.5. The molecule has 1 saturated heterocycles. The third kappa shape index (κ3) is 6.34. The van der Waals surface area contributed by atoms with Crippen LogP contribution in [0.25, 0.3) is 28.2 Å². The van der Waals surface area contributed by atoms with Crippen molar-refractivity contribution in [2.24, 2.45) is 0 Å². The van der Waals surface area contributed by atoms with Crippen molar-refractivity contribution in [2.45, 2.75) is 31.6 Å². The van der Waals surface area contributed by atoms with Gasteiger partial charge in [-0.1, -0.05) is 23.7 Å². The lowest BCUT2D eigenvalue weighted by Gasteiger charge is -2.31. The predicted octanol–water partition coefficient (Wildman–Crippen LogP) is 6.82. The Morgan fingerprint density at radius 3 is 2.51 bits per heavy atom. The maximum Gasteiger partial charge on any atom is 0.253 e. The summed E-state index contributed by atoms with van der Waals surface area (Å²) in [5, 5.41) is 1.33. The Balaban J connectivity index is 1.29. The molecule has 1 aliphatic rings. The van der Waals surface area contributed by atoms with Crippen molar-refractivity contribution in [1.82, 2.24) is 9.88 Å². The molecule has 1 fully saturated rings. The number of anilines is 1. The summed E-state index contributed by atoms with van der Waals surface area (Å²) in [7, 11) is 0. The number of nitrogens with zero attached hydrogens (tertiary/aromatic N) is 2. The van der Waals surface area contributed by atoms with Crippen LogP contribution in [-0.2, 0) is 11.2 Å². The minimum Gasteiger partial charge on any atom is -0.461 e. The number of alkyl halides is 2. The lowest BCUT2D eigenvalue weighted by Crippen LogP contribution is -2.42. The normalized spacial score (nSPS) is 15.2. The quantitative estimate of drug-likeness (QED) is 0.256. The van der Waals surface area contributed by atoms with Crippen molar-refractivity contribution in [3.8, 4) is 11.1 Å². The number of allylic oxidation sites excluding steroid dienone is 1. The molecule has 2 aromatic heterocycles. The summed E-state index contributed by atoms with van der Waals surface area (Å²) < 4.78 is 32.9. The van der Waals surface area contributed by atoms with Gasteiger partial charge < -0.3 is 15.1 Å². The number of carbonyl (C=O) groups excluding carboxylic acids is 2. The fourth-order valence-corrected chi connectivity index (χ4v) is 4.77. The van der Waals surface area contributed by atoms with Gasteiger partial charge in [-0.2, -0.15) is 0 Å². The highest BCUT2D eigenvalue weighted by molar-refractivity contribution is 6.31. The lowest BCUT2D eigenvalue weighted by molar-refractivity contribution is -0.114. The summed E-state index contributed by atoms with van der Waals surface area (Å²) in [4.78, 5) is 30.7. The molecular formula is C30H26ClF2N3O3. The number of hydrogen-bond donors (Lipinski definition) is 1. The Hall–Kier alpha value is -4.04. The van der Waals surface area contributed by atoms with Crippen LogP contribution in [0.5, 0.6) is 0 Å². The highest BCUT2D eigenvalue weighted by Gasteiger charge is 2.35. The molecule has 0 unspecified atom stereocenters. The molecule has 9 heteroatoms. The summed E-state index contributed by atoms with van der Waals surface area (Å²) in [6.07, 6.45) is 4.85. The molecule has 2 N–H and O–H groups in total. The van der Waals surface area contributed by atoms with E-state index in [1.807, 2.05) is 24.3 Å². The second kappa shape index (κ2) is 11.0. The number of fused-ring (bicyclic) bond motifs is 1. The van der Waals surface area contributed by atoms with Crippen molar-refractivity contribution in [3.05, 3.63) is 88.8 Å². The van der Waals surface area contributed by atoms with Gasteiger partial charge in [-0.15, -0.1) is 0 Å². The van der Waals surface area contributed by atoms with Gasteiger partial charge in [0.2, 0.25) is 0 Å². The first-order valence-electron chi connectivity index (χ1n) is 12.6. The number of pyridine rings is 1. The highest BCUT2D eigenvalue weighted by atomic mass is 35.5. The summed E-state index contributed by atoms with van der Waals surface area (Å²) in [6.45, 7) is 0.0777. The molecule has 0 radical (unpaired) electrons. The molecule has 1 aliphatic heterocycles. The van der Waals surface area contributed by atoms with Crippen molar-refractivity contribution >= 4 is 46.2 Å². The highest BCUT2D eigenvalue weighted by Crippen LogP contribution is 2.35. The van der Waals surface area contributed by atoms with E-state index in [-0.39, 0.29) is 44.0 Å². The maximum atomic E-state index is 13.5. The predicted molar refractivity (Wildman–Crippen MR) is 148 cm³/mol. The van der Waals surface area contributed by atoms with Gasteiger partial charge >= 0.3 is 0 Å². The topological polar surface area (TPSA) is 89.4 Å². The Morgan fingerprint density at radius 2 is 1.82 bits per heavy atom. The monoisotopic (exact) mass is 549 g/mol. The molecule has 5 rings (SSSR count). The van der Waals surface area contributed by atoms with Gasteiger partial charge in [-0.3, -0.25) is 9.59 Å². The number of aromatic nitrogens is 1. The number of carbonyl (C=O) groups is 2. The van der Waals surface area contributed by atoms with E-state index in [1.165, 1.54) is 11.0 Å². The first-order valence-corrected chi connectivity index (χ1v) is 13.0. The molecule has 1 amide bonds. The molecule has 2 aromatic carbocycles. The lowest BCUT2D eigenvalue weighted by atomic mass is 9.99. The van der Waals surface area contributed by atoms with Crippen molar-refractivity contribution < 1.29 is 22.8 Å². The number of nitrogen functional groups attached to an aromatic ring is 1. The SMILES string of the molecule is Nc1ccc(/C=C/C(=O)CCc2cc3c(-c4ccc(C(=O)N5CCC(F)(F)CC5)cc4)cc(Cl)cc3o2)cn1. The first kappa shape index (κ1) is 26.6. The number of amides is 1. The van der Waals surface area contributed by atoms with Crippen LogP contribution in [0.15, 0.2) is 71.3 Å². The van der Waals surface area contributed by atoms with Gasteiger partial charge in [0, 0.05) is 67.0 Å². The average molecular weight is 550 g/mol. The second-order valence-corrected chi connectivity index (χ2v) is 10.1. The standard InChI is InChI=1S/C30H26ClF2N3O3/c31-22-15-25(20-3-5-21(6-4-20)29(38)36-13-11-30(32,33)12-14-36)26-17-24(39-27(26)16-22)9-8-23(37)7-1-19-2-10-28(34)35-18-19/h1-7,10,15-18H,8-9,11-14H2,(H2,34,35)/b7-1+. The molecule has 0 atom stereocenters. The summed E-state index contributed by atoms with van der Waals surface area (Å²) in [5.74, 6) is -1.95. The molecule has 0 bridgehead atoms. The summed E-state index contributed by atoms with van der Waals surface area (Å²) in [5.41, 5.74) is 9.05. The number of benzene rings is 2. The van der Waals surface area contributed by atoms with E-state index in [4.69, 9.17) is 21.8 Å². The zero-order chi connectivity index (χ0) is 27.6. The van der Waals surface area contributed by atoms with Crippen LogP contribution in [0.2, 0.25) is 5.02 Å². The number of hydrogen-bond acceptors (Lipinski definition) is 5. The van der Waals surface area contributed by atoms with Crippen LogP contribution < -0.4 is 5.73 Å². The third-order valence-corrected chi connectivity index (χ3v) is 6.99. The van der Waals surface area contributed by atoms with E-state index < -0.39 is 5.92 Å². The van der Waals surface area contributed by atoms with Crippen LogP contribution >= 0.6 is 11.6 Å². The fraction of sp³-hybridized carbons (Fsp3) is 0.233. The van der Waals surface area contributed by atoms with E-state index in [0.29, 0.717) is 34.2 Å². The molecule has 0 saturated carbocycles. The van der Waals surface area contributed by atoms with Gasteiger partial charge in [0.05, 0.1) is 0 Å².